The minimum absolute atomic E-state index is 0. The standard InChI is InChI=1S/Al.Ce.3H2O4S/c;;3*1-5(2,3)4/h;;3*(H2,1,2,3,4)/q2*+3;;;/p-6. The Morgan fingerprint density at radius 2 is 0.471 bits per heavy atom. The monoisotopic (exact) mass is 455 g/mol. The molecule has 17 heteroatoms. The van der Waals surface area contributed by atoms with Gasteiger partial charge in [0.05, 0.1) is 0 Å². The summed E-state index contributed by atoms with van der Waals surface area (Å²) in [5.41, 5.74) is 0. The molecule has 97 valence electrons. The third kappa shape index (κ3) is 1830. The molecule has 0 aromatic rings. The maximum absolute atomic E-state index is 8.52. The zero-order chi connectivity index (χ0) is 13.5. The van der Waals surface area contributed by atoms with Crippen LogP contribution in [-0.2, 0) is 31.2 Å². The van der Waals surface area contributed by atoms with Gasteiger partial charge in [-0.15, -0.1) is 0 Å². The van der Waals surface area contributed by atoms with Gasteiger partial charge in [0.1, 0.15) is 0 Å². The van der Waals surface area contributed by atoms with Gasteiger partial charge in [-0.25, -0.2) is 0 Å². The van der Waals surface area contributed by atoms with Crippen LogP contribution in [0.25, 0.3) is 0 Å². The van der Waals surface area contributed by atoms with Gasteiger partial charge in [-0.2, -0.15) is 0 Å². The Balaban J connectivity index is -0.0000000400. The van der Waals surface area contributed by atoms with Gasteiger partial charge in [0.25, 0.3) is 0 Å². The van der Waals surface area contributed by atoms with Gasteiger partial charge in [0, 0.05) is 31.2 Å². The van der Waals surface area contributed by atoms with E-state index in [1.807, 2.05) is 0 Å². The second-order valence-corrected chi connectivity index (χ2v) is 3.67. The van der Waals surface area contributed by atoms with Crippen molar-refractivity contribution in [3.05, 3.63) is 0 Å². The Labute approximate surface area is 141 Å². The van der Waals surface area contributed by atoms with Crippen molar-refractivity contribution in [2.24, 2.45) is 0 Å². The molecule has 0 aliphatic heterocycles. The predicted octanol–water partition coefficient (Wildman–Crippen LogP) is -4.39. The summed E-state index contributed by atoms with van der Waals surface area (Å²) in [5.74, 6) is 0. The number of hydrogen-bond donors (Lipinski definition) is 0. The number of hydrogen-bond acceptors (Lipinski definition) is 12. The van der Waals surface area contributed by atoms with Crippen LogP contribution in [0.5, 0.6) is 0 Å². The Kier molecular flexibility index (Phi) is 23.0. The average molecular weight is 455 g/mol. The van der Waals surface area contributed by atoms with E-state index < -0.39 is 31.2 Å². The fourth-order valence-corrected chi connectivity index (χ4v) is 0. The van der Waals surface area contributed by atoms with Crippen molar-refractivity contribution in [2.45, 2.75) is 0 Å². The van der Waals surface area contributed by atoms with Crippen molar-refractivity contribution in [3.63, 3.8) is 0 Å². The Hall–Kier alpha value is 1.52. The maximum Gasteiger partial charge on any atom is 3.00 e. The zero-order valence-electron chi connectivity index (χ0n) is 7.20. The largest absolute Gasteiger partial charge is 3.00 e. The summed E-state index contributed by atoms with van der Waals surface area (Å²) in [6, 6.07) is 0. The summed E-state index contributed by atoms with van der Waals surface area (Å²) in [4.78, 5) is 0. The Morgan fingerprint density at radius 1 is 0.471 bits per heavy atom. The van der Waals surface area contributed by atoms with E-state index in [-0.39, 0.29) is 59.1 Å². The van der Waals surface area contributed by atoms with Gasteiger partial charge in [-0.3, -0.25) is 25.3 Å². The molecule has 0 saturated heterocycles. The number of rotatable bonds is 0. The molecule has 0 amide bonds. The van der Waals surface area contributed by atoms with Crippen LogP contribution in [0, 0.1) is 41.7 Å². The van der Waals surface area contributed by atoms with Crippen LogP contribution in [0.4, 0.5) is 0 Å². The Morgan fingerprint density at radius 3 is 0.471 bits per heavy atom. The van der Waals surface area contributed by atoms with E-state index in [4.69, 9.17) is 52.6 Å². The second-order valence-electron chi connectivity index (χ2n) is 1.22. The molecule has 1 radical (unpaired) electrons. The fraction of sp³-hybridized carbons (Fsp3) is 0. The molecule has 12 nitrogen and oxygen atoms in total. The molecule has 0 aliphatic carbocycles. The van der Waals surface area contributed by atoms with Crippen LogP contribution >= 0.6 is 0 Å². The quantitative estimate of drug-likeness (QED) is 0.191. The first kappa shape index (κ1) is 31.1. The third-order valence-corrected chi connectivity index (χ3v) is 0. The van der Waals surface area contributed by atoms with Gasteiger partial charge < -0.3 is 27.3 Å². The first-order chi connectivity index (χ1) is 6.00. The molecular weight excluding hydrogens is 455 g/mol. The van der Waals surface area contributed by atoms with Crippen molar-refractivity contribution in [2.75, 3.05) is 0 Å². The first-order valence-corrected chi connectivity index (χ1v) is 6.00. The van der Waals surface area contributed by atoms with E-state index in [2.05, 4.69) is 0 Å². The van der Waals surface area contributed by atoms with Crippen LogP contribution in [0.2, 0.25) is 0 Å². The maximum atomic E-state index is 8.52. The van der Waals surface area contributed by atoms with Crippen molar-refractivity contribution < 1.29 is 94.3 Å². The molecule has 0 bridgehead atoms. The van der Waals surface area contributed by atoms with E-state index >= 15 is 0 Å². The van der Waals surface area contributed by atoms with E-state index in [1.54, 1.807) is 0 Å². The van der Waals surface area contributed by atoms with Gasteiger partial charge in [-0.1, -0.05) is 0 Å². The van der Waals surface area contributed by atoms with Crippen molar-refractivity contribution >= 4 is 48.6 Å². The predicted molar refractivity (Wildman–Crippen MR) is 37.2 cm³/mol. The van der Waals surface area contributed by atoms with Gasteiger partial charge >= 0.3 is 59.1 Å². The molecule has 0 spiro atoms. The van der Waals surface area contributed by atoms with Crippen LogP contribution in [-0.4, -0.2) is 69.9 Å². The SMILES string of the molecule is O=S(=O)([O-])[O-].O=S(=O)([O-])[O-].O=S(=O)([O-])[O-].[Al+3].[Ce+3]. The summed E-state index contributed by atoms with van der Waals surface area (Å²) >= 11 is 0. The summed E-state index contributed by atoms with van der Waals surface area (Å²) in [5, 5.41) is 0. The summed E-state index contributed by atoms with van der Waals surface area (Å²) in [7, 11) is -15.5. The molecule has 0 aliphatic rings. The average Bonchev–Trinajstić information content (AvgIpc) is 1.41. The molecule has 0 heterocycles. The smallest absolute Gasteiger partial charge is 0.759 e. The zero-order valence-corrected chi connectivity index (χ0v) is 13.9. The molecule has 0 saturated carbocycles. The van der Waals surface area contributed by atoms with Gasteiger partial charge in [0.15, 0.2) is 0 Å². The minimum Gasteiger partial charge on any atom is -0.759 e. The van der Waals surface area contributed by atoms with E-state index in [0.29, 0.717) is 0 Å². The third-order valence-electron chi connectivity index (χ3n) is 0. The molecule has 17 heavy (non-hydrogen) atoms. The van der Waals surface area contributed by atoms with E-state index in [0.717, 1.165) is 0 Å². The second kappa shape index (κ2) is 12.5. The molecule has 0 aromatic heterocycles. The molecule has 0 fully saturated rings. The van der Waals surface area contributed by atoms with Crippen molar-refractivity contribution in [3.8, 4) is 0 Å². The molecule has 0 unspecified atom stereocenters. The van der Waals surface area contributed by atoms with Crippen molar-refractivity contribution in [1.82, 2.24) is 0 Å². The summed E-state index contributed by atoms with van der Waals surface area (Å²) in [6.07, 6.45) is 0. The van der Waals surface area contributed by atoms with Gasteiger partial charge in [-0.05, 0) is 0 Å². The van der Waals surface area contributed by atoms with E-state index in [9.17, 15) is 0 Å². The normalized spacial score (nSPS) is 10.2. The summed E-state index contributed by atoms with van der Waals surface area (Å²) < 4.78 is 102. The van der Waals surface area contributed by atoms with Crippen molar-refractivity contribution in [1.29, 1.82) is 0 Å². The summed E-state index contributed by atoms with van der Waals surface area (Å²) in [6.45, 7) is 0. The molecule has 0 N–H and O–H groups in total. The topological polar surface area (TPSA) is 241 Å². The minimum atomic E-state index is -5.17. The Bertz CT molecular complexity index is 343. The first-order valence-electron chi connectivity index (χ1n) is 2.00. The molecule has 0 rings (SSSR count). The van der Waals surface area contributed by atoms with Crippen LogP contribution < -0.4 is 0 Å². The van der Waals surface area contributed by atoms with E-state index in [1.165, 1.54) is 0 Å². The molecule has 0 aromatic carbocycles. The van der Waals surface area contributed by atoms with Crippen LogP contribution in [0.3, 0.4) is 0 Å². The molecule has 0 atom stereocenters. The molecular formula is AlCeO12S3. The fourth-order valence-electron chi connectivity index (χ4n) is 0. The van der Waals surface area contributed by atoms with Crippen LogP contribution in [0.1, 0.15) is 0 Å². The van der Waals surface area contributed by atoms with Gasteiger partial charge in [0.2, 0.25) is 0 Å². The van der Waals surface area contributed by atoms with Crippen LogP contribution in [0.15, 0.2) is 0 Å².